The zero-order valence-electron chi connectivity index (χ0n) is 17.3. The summed E-state index contributed by atoms with van der Waals surface area (Å²) >= 11 is 0. The van der Waals surface area contributed by atoms with Crippen molar-refractivity contribution in [1.29, 1.82) is 0 Å². The first-order valence-electron chi connectivity index (χ1n) is 9.71. The van der Waals surface area contributed by atoms with Gasteiger partial charge in [0.2, 0.25) is 5.91 Å². The van der Waals surface area contributed by atoms with Crippen molar-refractivity contribution in [2.45, 2.75) is 13.5 Å². The van der Waals surface area contributed by atoms with E-state index >= 15 is 0 Å². The molecule has 31 heavy (non-hydrogen) atoms. The molecule has 0 saturated heterocycles. The van der Waals surface area contributed by atoms with Gasteiger partial charge < -0.3 is 15.4 Å². The second-order valence-corrected chi connectivity index (χ2v) is 6.96. The Bertz CT molecular complexity index is 1110. The fourth-order valence-electron chi connectivity index (χ4n) is 2.96. The van der Waals surface area contributed by atoms with Crippen molar-refractivity contribution in [3.8, 4) is 5.75 Å². The Kier molecular flexibility index (Phi) is 7.17. The van der Waals surface area contributed by atoms with E-state index in [9.17, 15) is 14.0 Å². The maximum Gasteiger partial charge on any atom is 0.255 e. The van der Waals surface area contributed by atoms with Gasteiger partial charge in [-0.15, -0.1) is 0 Å². The number of hydrogen-bond acceptors (Lipinski definition) is 3. The molecule has 0 aliphatic rings. The molecule has 0 spiro atoms. The molecule has 0 bridgehead atoms. The van der Waals surface area contributed by atoms with Crippen LogP contribution in [0.5, 0.6) is 5.75 Å². The second-order valence-electron chi connectivity index (χ2n) is 6.96. The molecule has 6 heteroatoms. The first kappa shape index (κ1) is 21.8. The molecular formula is C25H23FN2O3. The number of hydrogen-bond donors (Lipinski definition) is 2. The lowest BCUT2D eigenvalue weighted by molar-refractivity contribution is -0.116. The normalized spacial score (nSPS) is 10.7. The fourth-order valence-corrected chi connectivity index (χ4v) is 2.96. The number of halogens is 1. The van der Waals surface area contributed by atoms with Crippen LogP contribution in [0.25, 0.3) is 6.08 Å². The summed E-state index contributed by atoms with van der Waals surface area (Å²) in [6, 6.07) is 18.2. The van der Waals surface area contributed by atoms with E-state index in [1.165, 1.54) is 30.3 Å². The van der Waals surface area contributed by atoms with Crippen LogP contribution in [-0.2, 0) is 11.3 Å². The number of rotatable bonds is 7. The molecule has 3 aromatic rings. The van der Waals surface area contributed by atoms with Gasteiger partial charge in [-0.3, -0.25) is 9.59 Å². The fraction of sp³-hybridized carbons (Fsp3) is 0.120. The zero-order valence-corrected chi connectivity index (χ0v) is 17.3. The largest absolute Gasteiger partial charge is 0.496 e. The summed E-state index contributed by atoms with van der Waals surface area (Å²) in [6.45, 7) is 2.27. The molecule has 0 saturated carbocycles. The molecule has 3 rings (SSSR count). The molecule has 0 heterocycles. The number of benzene rings is 3. The first-order chi connectivity index (χ1) is 14.9. The maximum atomic E-state index is 13.0. The van der Waals surface area contributed by atoms with Crippen molar-refractivity contribution in [3.63, 3.8) is 0 Å². The Morgan fingerprint density at radius 1 is 1.03 bits per heavy atom. The summed E-state index contributed by atoms with van der Waals surface area (Å²) in [6.07, 6.45) is 3.16. The minimum absolute atomic E-state index is 0.246. The number of ether oxygens (including phenoxy) is 1. The average Bonchev–Trinajstić information content (AvgIpc) is 2.77. The van der Waals surface area contributed by atoms with Gasteiger partial charge in [-0.05, 0) is 67.1 Å². The van der Waals surface area contributed by atoms with E-state index in [-0.39, 0.29) is 11.8 Å². The van der Waals surface area contributed by atoms with E-state index in [0.29, 0.717) is 23.5 Å². The van der Waals surface area contributed by atoms with Crippen molar-refractivity contribution in [2.24, 2.45) is 0 Å². The van der Waals surface area contributed by atoms with E-state index < -0.39 is 5.82 Å². The van der Waals surface area contributed by atoms with E-state index in [1.54, 1.807) is 31.4 Å². The van der Waals surface area contributed by atoms with E-state index in [2.05, 4.69) is 10.6 Å². The average molecular weight is 418 g/mol. The molecule has 2 amide bonds. The molecule has 0 atom stereocenters. The van der Waals surface area contributed by atoms with Gasteiger partial charge in [0, 0.05) is 29.4 Å². The number of aryl methyl sites for hydroxylation is 1. The minimum Gasteiger partial charge on any atom is -0.496 e. The van der Waals surface area contributed by atoms with Crippen molar-refractivity contribution in [2.75, 3.05) is 12.4 Å². The number of carbonyl (C=O) groups is 2. The number of amides is 2. The third kappa shape index (κ3) is 6.27. The maximum absolute atomic E-state index is 13.0. The van der Waals surface area contributed by atoms with Crippen LogP contribution < -0.4 is 15.4 Å². The van der Waals surface area contributed by atoms with Crippen LogP contribution in [-0.4, -0.2) is 18.9 Å². The van der Waals surface area contributed by atoms with Crippen LogP contribution in [0.1, 0.15) is 27.0 Å². The molecule has 0 radical (unpaired) electrons. The van der Waals surface area contributed by atoms with Gasteiger partial charge in [-0.25, -0.2) is 4.39 Å². The molecule has 0 aliphatic carbocycles. The predicted molar refractivity (Wildman–Crippen MR) is 119 cm³/mol. The highest BCUT2D eigenvalue weighted by atomic mass is 19.1. The molecule has 0 unspecified atom stereocenters. The van der Waals surface area contributed by atoms with E-state index in [1.807, 2.05) is 31.2 Å². The molecule has 0 fully saturated rings. The monoisotopic (exact) mass is 418 g/mol. The van der Waals surface area contributed by atoms with Crippen molar-refractivity contribution in [3.05, 3.63) is 101 Å². The lowest BCUT2D eigenvalue weighted by Gasteiger charge is -2.08. The molecule has 3 aromatic carbocycles. The van der Waals surface area contributed by atoms with Crippen LogP contribution in [0.15, 0.2) is 72.8 Å². The van der Waals surface area contributed by atoms with Gasteiger partial charge in [-0.1, -0.05) is 23.8 Å². The van der Waals surface area contributed by atoms with Crippen LogP contribution >= 0.6 is 0 Å². The van der Waals surface area contributed by atoms with Gasteiger partial charge in [-0.2, -0.15) is 0 Å². The van der Waals surface area contributed by atoms with Gasteiger partial charge in [0.05, 0.1) is 7.11 Å². The summed E-state index contributed by atoms with van der Waals surface area (Å²) in [7, 11) is 1.59. The van der Waals surface area contributed by atoms with Crippen LogP contribution in [0.2, 0.25) is 0 Å². The summed E-state index contributed by atoms with van der Waals surface area (Å²) in [5, 5.41) is 5.59. The highest BCUT2D eigenvalue weighted by molar-refractivity contribution is 6.04. The number of carbonyl (C=O) groups excluding carboxylic acids is 2. The molecule has 0 aromatic heterocycles. The summed E-state index contributed by atoms with van der Waals surface area (Å²) in [4.78, 5) is 24.5. The number of methoxy groups -OCH3 is 1. The quantitative estimate of drug-likeness (QED) is 0.546. The molecular weight excluding hydrogens is 395 g/mol. The number of nitrogens with one attached hydrogen (secondary N) is 2. The van der Waals surface area contributed by atoms with E-state index in [4.69, 9.17) is 4.74 Å². The summed E-state index contributed by atoms with van der Waals surface area (Å²) < 4.78 is 18.3. The SMILES string of the molecule is COc1ccc(C)cc1C=CC(=O)NCc1cccc(NC(=O)c2ccc(F)cc2)c1. The standard InChI is InChI=1S/C25H23FN2O3/c1-17-6-12-23(31-2)20(14-17)9-13-24(29)27-16-18-4-3-5-22(15-18)28-25(30)19-7-10-21(26)11-8-19/h3-15H,16H2,1-2H3,(H,27,29)(H,28,30). The topological polar surface area (TPSA) is 67.4 Å². The van der Waals surface area contributed by atoms with Crippen LogP contribution in [0.3, 0.4) is 0 Å². The van der Waals surface area contributed by atoms with Crippen molar-refractivity contribution in [1.82, 2.24) is 5.32 Å². The molecule has 158 valence electrons. The third-order valence-electron chi connectivity index (χ3n) is 4.56. The van der Waals surface area contributed by atoms with Crippen molar-refractivity contribution < 1.29 is 18.7 Å². The Morgan fingerprint density at radius 3 is 2.55 bits per heavy atom. The minimum atomic E-state index is -0.399. The Hall–Kier alpha value is -3.93. The Balaban J connectivity index is 1.58. The molecule has 5 nitrogen and oxygen atoms in total. The van der Waals surface area contributed by atoms with Crippen LogP contribution in [0, 0.1) is 12.7 Å². The highest BCUT2D eigenvalue weighted by Gasteiger charge is 2.07. The second kappa shape index (κ2) is 10.2. The van der Waals surface area contributed by atoms with Gasteiger partial charge in [0.25, 0.3) is 5.91 Å². The Morgan fingerprint density at radius 2 is 1.81 bits per heavy atom. The van der Waals surface area contributed by atoms with Crippen molar-refractivity contribution >= 4 is 23.6 Å². The summed E-state index contributed by atoms with van der Waals surface area (Å²) in [5.74, 6) is -0.288. The van der Waals surface area contributed by atoms with E-state index in [0.717, 1.165) is 16.7 Å². The van der Waals surface area contributed by atoms with Gasteiger partial charge >= 0.3 is 0 Å². The van der Waals surface area contributed by atoms with Crippen LogP contribution in [0.4, 0.5) is 10.1 Å². The molecule has 2 N–H and O–H groups in total. The first-order valence-corrected chi connectivity index (χ1v) is 9.71. The zero-order chi connectivity index (χ0) is 22.2. The lowest BCUT2D eigenvalue weighted by atomic mass is 10.1. The lowest BCUT2D eigenvalue weighted by Crippen LogP contribution is -2.20. The highest BCUT2D eigenvalue weighted by Crippen LogP contribution is 2.21. The smallest absolute Gasteiger partial charge is 0.255 e. The third-order valence-corrected chi connectivity index (χ3v) is 4.56. The predicted octanol–water partition coefficient (Wildman–Crippen LogP) is 4.72. The number of anilines is 1. The van der Waals surface area contributed by atoms with Gasteiger partial charge in [0.15, 0.2) is 0 Å². The summed E-state index contributed by atoms with van der Waals surface area (Å²) in [5.41, 5.74) is 3.66. The Labute approximate surface area is 180 Å². The van der Waals surface area contributed by atoms with Gasteiger partial charge in [0.1, 0.15) is 11.6 Å². The molecule has 0 aliphatic heterocycles.